The van der Waals surface area contributed by atoms with E-state index in [0.29, 0.717) is 11.4 Å². The Morgan fingerprint density at radius 3 is 3.13 bits per heavy atom. The summed E-state index contributed by atoms with van der Waals surface area (Å²) in [5.74, 6) is 0.377. The Kier molecular flexibility index (Phi) is 4.71. The first-order valence-corrected chi connectivity index (χ1v) is 8.97. The van der Waals surface area contributed by atoms with Gasteiger partial charge in [-0.05, 0) is 38.2 Å². The summed E-state index contributed by atoms with van der Waals surface area (Å²) >= 11 is 1.37. The number of fused-ring (bicyclic) bond motifs is 1. The summed E-state index contributed by atoms with van der Waals surface area (Å²) in [5.41, 5.74) is 1.13. The molecule has 3 rings (SSSR count). The van der Waals surface area contributed by atoms with Gasteiger partial charge in [-0.15, -0.1) is 11.8 Å². The first kappa shape index (κ1) is 16.1. The highest BCUT2D eigenvalue weighted by Crippen LogP contribution is 2.27. The Bertz CT molecular complexity index is 729. The minimum absolute atomic E-state index is 0.135. The second kappa shape index (κ2) is 6.74. The number of nitrogens with one attached hydrogen (secondary N) is 1. The predicted molar refractivity (Wildman–Crippen MR) is 89.5 cm³/mol. The molecule has 122 valence electrons. The lowest BCUT2D eigenvalue weighted by Gasteiger charge is -2.23. The van der Waals surface area contributed by atoms with Gasteiger partial charge in [-0.2, -0.15) is 0 Å². The van der Waals surface area contributed by atoms with Crippen LogP contribution < -0.4 is 5.32 Å². The molecule has 2 aromatic rings. The Hall–Kier alpha value is -1.82. The zero-order chi connectivity index (χ0) is 16.4. The van der Waals surface area contributed by atoms with Crippen molar-refractivity contribution in [1.29, 1.82) is 0 Å². The molecule has 2 heterocycles. The van der Waals surface area contributed by atoms with Crippen LogP contribution in [0.25, 0.3) is 0 Å². The molecule has 1 aromatic carbocycles. The predicted octanol–water partition coefficient (Wildman–Crippen LogP) is 3.36. The van der Waals surface area contributed by atoms with Gasteiger partial charge in [-0.25, -0.2) is 9.37 Å². The first-order valence-electron chi connectivity index (χ1n) is 7.74. The van der Waals surface area contributed by atoms with E-state index < -0.39 is 5.82 Å². The Morgan fingerprint density at radius 1 is 1.52 bits per heavy atom. The number of hydrogen-bond donors (Lipinski definition) is 1. The number of imidazole rings is 1. The van der Waals surface area contributed by atoms with Crippen molar-refractivity contribution >= 4 is 17.7 Å². The van der Waals surface area contributed by atoms with Crippen LogP contribution in [0.15, 0.2) is 29.3 Å². The van der Waals surface area contributed by atoms with Crippen LogP contribution in [-0.2, 0) is 6.54 Å². The Morgan fingerprint density at radius 2 is 2.35 bits per heavy atom. The lowest BCUT2D eigenvalue weighted by Crippen LogP contribution is -2.32. The van der Waals surface area contributed by atoms with Crippen molar-refractivity contribution in [3.63, 3.8) is 0 Å². The quantitative estimate of drug-likeness (QED) is 0.873. The van der Waals surface area contributed by atoms with Gasteiger partial charge >= 0.3 is 0 Å². The molecule has 0 aliphatic carbocycles. The van der Waals surface area contributed by atoms with Crippen LogP contribution in [0, 0.1) is 12.7 Å². The molecule has 0 saturated carbocycles. The highest BCUT2D eigenvalue weighted by molar-refractivity contribution is 7.98. The van der Waals surface area contributed by atoms with Gasteiger partial charge in [0, 0.05) is 30.1 Å². The van der Waals surface area contributed by atoms with E-state index in [-0.39, 0.29) is 17.4 Å². The van der Waals surface area contributed by atoms with Crippen LogP contribution in [0.5, 0.6) is 0 Å². The van der Waals surface area contributed by atoms with Crippen LogP contribution in [-0.4, -0.2) is 28.3 Å². The van der Waals surface area contributed by atoms with E-state index in [1.807, 2.05) is 19.4 Å². The van der Waals surface area contributed by atoms with Crippen molar-refractivity contribution in [2.45, 2.75) is 37.1 Å². The molecule has 23 heavy (non-hydrogen) atoms. The van der Waals surface area contributed by atoms with Gasteiger partial charge in [0.25, 0.3) is 5.91 Å². The molecule has 0 fully saturated rings. The highest BCUT2D eigenvalue weighted by atomic mass is 32.2. The molecule has 1 aromatic heterocycles. The number of rotatable bonds is 4. The zero-order valence-electron chi connectivity index (χ0n) is 13.3. The normalized spacial score (nSPS) is 16.9. The number of carbonyl (C=O) groups is 1. The van der Waals surface area contributed by atoms with E-state index in [2.05, 4.69) is 14.9 Å². The number of halogens is 1. The molecule has 6 heteroatoms. The maximum absolute atomic E-state index is 14.0. The molecule has 1 atom stereocenters. The number of benzene rings is 1. The third-order valence-electron chi connectivity index (χ3n) is 4.18. The summed E-state index contributed by atoms with van der Waals surface area (Å²) < 4.78 is 16.2. The molecule has 4 nitrogen and oxygen atoms in total. The van der Waals surface area contributed by atoms with Crippen molar-refractivity contribution in [1.82, 2.24) is 14.9 Å². The second-order valence-electron chi connectivity index (χ2n) is 5.80. The summed E-state index contributed by atoms with van der Waals surface area (Å²) in [6, 6.07) is 4.71. The van der Waals surface area contributed by atoms with E-state index in [0.717, 1.165) is 30.9 Å². The number of hydrogen-bond acceptors (Lipinski definition) is 3. The fourth-order valence-corrected chi connectivity index (χ4v) is 3.71. The monoisotopic (exact) mass is 333 g/mol. The second-order valence-corrected chi connectivity index (χ2v) is 6.65. The van der Waals surface area contributed by atoms with E-state index in [4.69, 9.17) is 0 Å². The van der Waals surface area contributed by atoms with Crippen LogP contribution >= 0.6 is 11.8 Å². The van der Waals surface area contributed by atoms with Crippen LogP contribution in [0.3, 0.4) is 0 Å². The largest absolute Gasteiger partial charge is 0.351 e. The maximum atomic E-state index is 14.0. The van der Waals surface area contributed by atoms with Crippen molar-refractivity contribution < 1.29 is 9.18 Å². The molecule has 1 N–H and O–H groups in total. The molecule has 0 unspecified atom stereocenters. The topological polar surface area (TPSA) is 46.9 Å². The highest BCUT2D eigenvalue weighted by Gasteiger charge is 2.24. The van der Waals surface area contributed by atoms with Gasteiger partial charge < -0.3 is 9.88 Å². The third-order valence-corrected chi connectivity index (χ3v) is 4.96. The molecule has 1 aliphatic heterocycles. The Balaban J connectivity index is 1.73. The van der Waals surface area contributed by atoms with Crippen molar-refractivity contribution in [3.05, 3.63) is 47.3 Å². The van der Waals surface area contributed by atoms with Crippen LogP contribution in [0.4, 0.5) is 4.39 Å². The van der Waals surface area contributed by atoms with Gasteiger partial charge in [0.15, 0.2) is 0 Å². The molecule has 0 radical (unpaired) electrons. The number of carbonyl (C=O) groups excluding carboxylic acids is 1. The van der Waals surface area contributed by atoms with Crippen molar-refractivity contribution in [3.8, 4) is 0 Å². The number of nitrogens with zero attached hydrogens (tertiary/aromatic N) is 2. The van der Waals surface area contributed by atoms with E-state index >= 15 is 0 Å². The fraction of sp³-hybridized carbons (Fsp3) is 0.412. The van der Waals surface area contributed by atoms with Gasteiger partial charge in [0.2, 0.25) is 0 Å². The summed E-state index contributed by atoms with van der Waals surface area (Å²) in [6.07, 6.45) is 5.95. The number of thioether (sulfide) groups is 1. The van der Waals surface area contributed by atoms with E-state index in [1.165, 1.54) is 17.8 Å². The van der Waals surface area contributed by atoms with Crippen LogP contribution in [0.1, 0.15) is 40.6 Å². The lowest BCUT2D eigenvalue weighted by atomic mass is 9.99. The average molecular weight is 333 g/mol. The first-order chi connectivity index (χ1) is 11.1. The molecule has 0 spiro atoms. The smallest absolute Gasteiger partial charge is 0.255 e. The number of aryl methyl sites for hydroxylation is 2. The van der Waals surface area contributed by atoms with Gasteiger partial charge in [0.05, 0.1) is 11.3 Å². The molecule has 1 amide bonds. The van der Waals surface area contributed by atoms with E-state index in [9.17, 15) is 9.18 Å². The SMILES string of the molecule is CSc1cccc(F)c1C(=O)NC[C@H]1CCCn2cc(C)nc21. The maximum Gasteiger partial charge on any atom is 0.255 e. The van der Waals surface area contributed by atoms with Gasteiger partial charge in [-0.1, -0.05) is 6.07 Å². The third kappa shape index (κ3) is 3.27. The average Bonchev–Trinajstić information content (AvgIpc) is 2.92. The van der Waals surface area contributed by atoms with Gasteiger partial charge in [0.1, 0.15) is 11.6 Å². The molecule has 1 aliphatic rings. The summed E-state index contributed by atoms with van der Waals surface area (Å²) in [7, 11) is 0. The number of amides is 1. The van der Waals surface area contributed by atoms with Crippen LogP contribution in [0.2, 0.25) is 0 Å². The molecular weight excluding hydrogens is 313 g/mol. The molecule has 0 saturated heterocycles. The van der Waals surface area contributed by atoms with Crippen molar-refractivity contribution in [2.24, 2.45) is 0 Å². The standard InChI is InChI=1S/C17H20FN3OS/c1-11-10-21-8-4-5-12(16(21)20-11)9-19-17(22)15-13(18)6-3-7-14(15)23-2/h3,6-7,10,12H,4-5,8-9H2,1-2H3,(H,19,22)/t12-/m1/s1. The minimum Gasteiger partial charge on any atom is -0.351 e. The van der Waals surface area contributed by atoms with E-state index in [1.54, 1.807) is 12.1 Å². The van der Waals surface area contributed by atoms with Gasteiger partial charge in [-0.3, -0.25) is 4.79 Å². The fourth-order valence-electron chi connectivity index (χ4n) is 3.10. The minimum atomic E-state index is -0.477. The summed E-state index contributed by atoms with van der Waals surface area (Å²) in [5, 5.41) is 2.89. The molecular formula is C17H20FN3OS. The zero-order valence-corrected chi connectivity index (χ0v) is 14.1. The number of aromatic nitrogens is 2. The Labute approximate surface area is 139 Å². The summed E-state index contributed by atoms with van der Waals surface area (Å²) in [6.45, 7) is 3.44. The lowest BCUT2D eigenvalue weighted by molar-refractivity contribution is 0.0942. The summed E-state index contributed by atoms with van der Waals surface area (Å²) in [4.78, 5) is 17.6. The van der Waals surface area contributed by atoms with Crippen molar-refractivity contribution in [2.75, 3.05) is 12.8 Å². The molecule has 0 bridgehead atoms.